The zero-order valence-corrected chi connectivity index (χ0v) is 14.8. The number of carbonyl (C=O) groups is 2. The number of pyridine rings is 1. The van der Waals surface area contributed by atoms with Crippen molar-refractivity contribution in [1.82, 2.24) is 9.88 Å². The van der Waals surface area contributed by atoms with Crippen LogP contribution in [0.25, 0.3) is 22.2 Å². The van der Waals surface area contributed by atoms with Gasteiger partial charge in [0.1, 0.15) is 0 Å². The van der Waals surface area contributed by atoms with Gasteiger partial charge in [0.25, 0.3) is 5.91 Å². The largest absolute Gasteiger partial charge is 0.481 e. The van der Waals surface area contributed by atoms with Gasteiger partial charge in [0.05, 0.1) is 22.7 Å². The number of hydrogen-bond donors (Lipinski definition) is 1. The van der Waals surface area contributed by atoms with E-state index in [-0.39, 0.29) is 12.5 Å². The van der Waals surface area contributed by atoms with Crippen LogP contribution in [0.15, 0.2) is 60.7 Å². The minimum atomic E-state index is -0.836. The highest BCUT2D eigenvalue weighted by atomic mass is 16.4. The highest BCUT2D eigenvalue weighted by Crippen LogP contribution is 2.27. The van der Waals surface area contributed by atoms with Crippen LogP contribution in [-0.2, 0) is 4.79 Å². The average molecular weight is 360 g/mol. The Kier molecular flexibility index (Phi) is 4.59. The monoisotopic (exact) mass is 360 g/mol. The quantitative estimate of drug-likeness (QED) is 0.770. The Labute approximate surface area is 157 Å². The molecule has 1 saturated heterocycles. The summed E-state index contributed by atoms with van der Waals surface area (Å²) in [5.74, 6) is -1.46. The van der Waals surface area contributed by atoms with Crippen LogP contribution in [-0.4, -0.2) is 40.0 Å². The van der Waals surface area contributed by atoms with Gasteiger partial charge < -0.3 is 10.0 Å². The molecule has 1 aromatic heterocycles. The summed E-state index contributed by atoms with van der Waals surface area (Å²) in [6, 6.07) is 19.2. The van der Waals surface area contributed by atoms with Crippen LogP contribution in [0.5, 0.6) is 0 Å². The van der Waals surface area contributed by atoms with Gasteiger partial charge in [-0.25, -0.2) is 4.98 Å². The second-order valence-electron chi connectivity index (χ2n) is 6.87. The van der Waals surface area contributed by atoms with E-state index in [9.17, 15) is 14.7 Å². The van der Waals surface area contributed by atoms with Crippen molar-refractivity contribution in [2.24, 2.45) is 5.92 Å². The first kappa shape index (κ1) is 17.2. The molecular weight excluding hydrogens is 340 g/mol. The Hall–Kier alpha value is -3.21. The third-order valence-corrected chi connectivity index (χ3v) is 5.07. The first-order valence-corrected chi connectivity index (χ1v) is 9.11. The minimum Gasteiger partial charge on any atom is -0.481 e. The molecule has 0 unspecified atom stereocenters. The molecule has 4 rings (SSSR count). The van der Waals surface area contributed by atoms with Crippen LogP contribution in [0, 0.1) is 5.92 Å². The van der Waals surface area contributed by atoms with Gasteiger partial charge in [0.2, 0.25) is 0 Å². The number of carboxylic acids is 1. The van der Waals surface area contributed by atoms with E-state index in [1.807, 2.05) is 60.7 Å². The lowest BCUT2D eigenvalue weighted by Crippen LogP contribution is -2.42. The number of fused-ring (bicyclic) bond motifs is 1. The number of aliphatic carboxylic acids is 1. The number of amides is 1. The summed E-state index contributed by atoms with van der Waals surface area (Å²) in [5, 5.41) is 10.1. The van der Waals surface area contributed by atoms with Gasteiger partial charge in [-0.1, -0.05) is 48.5 Å². The predicted molar refractivity (Wildman–Crippen MR) is 103 cm³/mol. The summed E-state index contributed by atoms with van der Waals surface area (Å²) in [6.45, 7) is 0.839. The highest BCUT2D eigenvalue weighted by Gasteiger charge is 2.29. The third-order valence-electron chi connectivity index (χ3n) is 5.07. The van der Waals surface area contributed by atoms with Gasteiger partial charge in [-0.3, -0.25) is 9.59 Å². The summed E-state index contributed by atoms with van der Waals surface area (Å²) in [7, 11) is 0. The van der Waals surface area contributed by atoms with E-state index in [2.05, 4.69) is 0 Å². The smallest absolute Gasteiger partial charge is 0.308 e. The fourth-order valence-electron chi connectivity index (χ4n) is 3.64. The molecule has 2 heterocycles. The molecule has 1 amide bonds. The maximum atomic E-state index is 13.3. The molecule has 5 nitrogen and oxygen atoms in total. The number of piperidine rings is 1. The van der Waals surface area contributed by atoms with Gasteiger partial charge in [0, 0.05) is 24.0 Å². The molecule has 1 fully saturated rings. The van der Waals surface area contributed by atoms with Crippen LogP contribution >= 0.6 is 0 Å². The topological polar surface area (TPSA) is 70.5 Å². The Morgan fingerprint density at radius 2 is 1.78 bits per heavy atom. The number of carbonyl (C=O) groups excluding carboxylic acids is 1. The summed E-state index contributed by atoms with van der Waals surface area (Å²) >= 11 is 0. The van der Waals surface area contributed by atoms with Gasteiger partial charge in [0.15, 0.2) is 0 Å². The normalized spacial score (nSPS) is 17.0. The van der Waals surface area contributed by atoms with E-state index in [1.54, 1.807) is 4.90 Å². The van der Waals surface area contributed by atoms with E-state index in [0.29, 0.717) is 24.9 Å². The molecule has 1 atom stereocenters. The van der Waals surface area contributed by atoms with Crippen molar-refractivity contribution in [3.05, 3.63) is 66.2 Å². The number of rotatable bonds is 3. The van der Waals surface area contributed by atoms with Gasteiger partial charge in [-0.15, -0.1) is 0 Å². The lowest BCUT2D eigenvalue weighted by atomic mass is 9.96. The predicted octanol–water partition coefficient (Wildman–Crippen LogP) is 3.84. The number of hydrogen-bond acceptors (Lipinski definition) is 3. The first-order chi connectivity index (χ1) is 13.1. The summed E-state index contributed by atoms with van der Waals surface area (Å²) in [6.07, 6.45) is 1.32. The van der Waals surface area contributed by atoms with Crippen molar-refractivity contribution < 1.29 is 14.7 Å². The zero-order valence-electron chi connectivity index (χ0n) is 14.8. The summed E-state index contributed by atoms with van der Waals surface area (Å²) in [4.78, 5) is 31.0. The van der Waals surface area contributed by atoms with E-state index in [4.69, 9.17) is 4.98 Å². The Balaban J connectivity index is 1.78. The van der Waals surface area contributed by atoms with Crippen molar-refractivity contribution >= 4 is 22.8 Å². The summed E-state index contributed by atoms with van der Waals surface area (Å²) in [5.41, 5.74) is 3.02. The van der Waals surface area contributed by atoms with Gasteiger partial charge >= 0.3 is 5.97 Å². The number of likely N-dealkylation sites (tertiary alicyclic amines) is 1. The van der Waals surface area contributed by atoms with Crippen molar-refractivity contribution in [3.63, 3.8) is 0 Å². The van der Waals surface area contributed by atoms with Crippen LogP contribution in [0.4, 0.5) is 0 Å². The van der Waals surface area contributed by atoms with Crippen LogP contribution < -0.4 is 0 Å². The second kappa shape index (κ2) is 7.19. The summed E-state index contributed by atoms with van der Waals surface area (Å²) < 4.78 is 0. The third kappa shape index (κ3) is 3.40. The van der Waals surface area contributed by atoms with E-state index in [1.165, 1.54) is 0 Å². The number of carboxylic acid groups (broad SMARTS) is 1. The number of aromatic nitrogens is 1. The molecule has 27 heavy (non-hydrogen) atoms. The maximum Gasteiger partial charge on any atom is 0.308 e. The lowest BCUT2D eigenvalue weighted by molar-refractivity contribution is -0.143. The zero-order chi connectivity index (χ0) is 18.8. The standard InChI is InChI=1S/C22H20N2O3/c25-21(24-12-6-9-16(14-24)22(26)27)18-13-20(15-7-2-1-3-8-15)23-19-11-5-4-10-17(18)19/h1-5,7-8,10-11,13,16H,6,9,12,14H2,(H,26,27)/t16-/m1/s1. The van der Waals surface area contributed by atoms with E-state index in [0.717, 1.165) is 22.2 Å². The first-order valence-electron chi connectivity index (χ1n) is 9.11. The molecule has 0 bridgehead atoms. The van der Waals surface area contributed by atoms with Gasteiger partial charge in [-0.2, -0.15) is 0 Å². The molecule has 0 saturated carbocycles. The molecule has 0 spiro atoms. The molecule has 1 aliphatic heterocycles. The van der Waals surface area contributed by atoms with Crippen LogP contribution in [0.2, 0.25) is 0 Å². The Morgan fingerprint density at radius 1 is 1.04 bits per heavy atom. The number of para-hydroxylation sites is 1. The molecular formula is C22H20N2O3. The molecule has 136 valence electrons. The van der Waals surface area contributed by atoms with E-state index < -0.39 is 11.9 Å². The molecule has 1 N–H and O–H groups in total. The fourth-order valence-corrected chi connectivity index (χ4v) is 3.64. The molecule has 3 aromatic rings. The second-order valence-corrected chi connectivity index (χ2v) is 6.87. The Morgan fingerprint density at radius 3 is 2.56 bits per heavy atom. The lowest BCUT2D eigenvalue weighted by Gasteiger charge is -2.31. The minimum absolute atomic E-state index is 0.128. The van der Waals surface area contributed by atoms with Gasteiger partial charge in [-0.05, 0) is 25.0 Å². The number of benzene rings is 2. The van der Waals surface area contributed by atoms with Crippen LogP contribution in [0.1, 0.15) is 23.2 Å². The Bertz CT molecular complexity index is 1000. The van der Waals surface area contributed by atoms with E-state index >= 15 is 0 Å². The van der Waals surface area contributed by atoms with Crippen LogP contribution in [0.3, 0.4) is 0 Å². The van der Waals surface area contributed by atoms with Crippen molar-refractivity contribution in [2.75, 3.05) is 13.1 Å². The van der Waals surface area contributed by atoms with Crippen molar-refractivity contribution in [2.45, 2.75) is 12.8 Å². The molecule has 5 heteroatoms. The molecule has 0 radical (unpaired) electrons. The molecule has 0 aliphatic carbocycles. The number of nitrogens with zero attached hydrogens (tertiary/aromatic N) is 2. The van der Waals surface area contributed by atoms with Crippen molar-refractivity contribution in [3.8, 4) is 11.3 Å². The SMILES string of the molecule is O=C(O)[C@@H]1CCCN(C(=O)c2cc(-c3ccccc3)nc3ccccc23)C1. The molecule has 2 aromatic carbocycles. The fraction of sp³-hybridized carbons (Fsp3) is 0.227. The van der Waals surface area contributed by atoms with Crippen molar-refractivity contribution in [1.29, 1.82) is 0 Å². The molecule has 1 aliphatic rings. The highest BCUT2D eigenvalue weighted by molar-refractivity contribution is 6.07. The average Bonchev–Trinajstić information content (AvgIpc) is 2.73. The maximum absolute atomic E-state index is 13.3.